The minimum absolute atomic E-state index is 0.0226. The molecule has 2 fully saturated rings. The Hall–Kier alpha value is -2.62. The third-order valence-corrected chi connectivity index (χ3v) is 7.93. The second-order valence-corrected chi connectivity index (χ2v) is 10.5. The molecule has 192 valence electrons. The van der Waals surface area contributed by atoms with Crippen LogP contribution in [0, 0.1) is 10.1 Å². The molecule has 2 saturated heterocycles. The number of nitro benzene ring substituents is 1. The number of nitrogens with zero attached hydrogens (tertiary/aromatic N) is 1. The lowest BCUT2D eigenvalue weighted by Gasteiger charge is -2.19. The summed E-state index contributed by atoms with van der Waals surface area (Å²) >= 11 is 15.0. The van der Waals surface area contributed by atoms with Crippen molar-refractivity contribution in [1.82, 2.24) is 10.6 Å². The Bertz CT molecular complexity index is 1210. The Kier molecular flexibility index (Phi) is 8.22. The molecule has 2 aliphatic heterocycles. The van der Waals surface area contributed by atoms with Crippen molar-refractivity contribution in [3.63, 3.8) is 0 Å². The summed E-state index contributed by atoms with van der Waals surface area (Å²) in [5.74, 6) is 0.418. The molecule has 0 amide bonds. The Morgan fingerprint density at radius 3 is 2.31 bits per heavy atom. The maximum atomic E-state index is 12.6. The number of halogens is 2. The molecule has 0 saturated carbocycles. The number of nitrogens with one attached hydrogen (secondary N) is 2. The summed E-state index contributed by atoms with van der Waals surface area (Å²) in [6.07, 6.45) is -4.12. The smallest absolute Gasteiger partial charge is 0.508 e. The van der Waals surface area contributed by atoms with Gasteiger partial charge in [-0.05, 0) is 18.2 Å². The van der Waals surface area contributed by atoms with Crippen LogP contribution in [-0.2, 0) is 9.47 Å². The van der Waals surface area contributed by atoms with Crippen molar-refractivity contribution >= 4 is 64.7 Å². The van der Waals surface area contributed by atoms with Gasteiger partial charge in [0, 0.05) is 39.8 Å². The van der Waals surface area contributed by atoms with Gasteiger partial charge in [0.05, 0.1) is 20.7 Å². The Labute approximate surface area is 221 Å². The molecule has 0 aromatic heterocycles. The first kappa shape index (κ1) is 26.4. The number of nitro groups is 1. The first-order chi connectivity index (χ1) is 17.1. The van der Waals surface area contributed by atoms with Gasteiger partial charge in [-0.2, -0.15) is 0 Å². The van der Waals surface area contributed by atoms with Crippen molar-refractivity contribution in [2.24, 2.45) is 0 Å². The van der Waals surface area contributed by atoms with Gasteiger partial charge in [0.25, 0.3) is 5.69 Å². The van der Waals surface area contributed by atoms with Crippen LogP contribution in [0.1, 0.15) is 21.9 Å². The number of rotatable bonds is 6. The number of aromatic hydroxyl groups is 1. The molecule has 36 heavy (non-hydrogen) atoms. The van der Waals surface area contributed by atoms with Gasteiger partial charge >= 0.3 is 12.3 Å². The monoisotopic (exact) mass is 577 g/mol. The summed E-state index contributed by atoms with van der Waals surface area (Å²) in [7, 11) is 0. The summed E-state index contributed by atoms with van der Waals surface area (Å²) < 4.78 is 15.4. The lowest BCUT2D eigenvalue weighted by molar-refractivity contribution is -0.384. The van der Waals surface area contributed by atoms with Crippen LogP contribution in [0.2, 0.25) is 10.0 Å². The van der Waals surface area contributed by atoms with Crippen LogP contribution in [0.25, 0.3) is 0 Å². The van der Waals surface area contributed by atoms with Gasteiger partial charge in [-0.15, -0.1) is 23.5 Å². The Morgan fingerprint density at radius 2 is 1.67 bits per heavy atom. The van der Waals surface area contributed by atoms with Crippen LogP contribution >= 0.6 is 46.7 Å². The average molecular weight is 578 g/mol. The largest absolute Gasteiger partial charge is 0.515 e. The van der Waals surface area contributed by atoms with Gasteiger partial charge in [-0.3, -0.25) is 20.7 Å². The van der Waals surface area contributed by atoms with Crippen LogP contribution in [-0.4, -0.2) is 51.4 Å². The fraction of sp³-hybridized carbons (Fsp3) is 0.300. The number of ether oxygens (including phenoxy) is 3. The van der Waals surface area contributed by atoms with E-state index in [0.29, 0.717) is 11.3 Å². The topological polar surface area (TPSA) is 169 Å². The summed E-state index contributed by atoms with van der Waals surface area (Å²) in [5, 5.41) is 35.1. The minimum atomic E-state index is -1.43. The minimum Gasteiger partial charge on any atom is -0.508 e. The highest BCUT2D eigenvalue weighted by molar-refractivity contribution is 8.00. The summed E-state index contributed by atoms with van der Waals surface area (Å²) in [6, 6.07) is 6.56. The molecule has 4 N–H and O–H groups in total. The van der Waals surface area contributed by atoms with Crippen molar-refractivity contribution in [3.05, 3.63) is 61.6 Å². The first-order valence-corrected chi connectivity index (χ1v) is 13.0. The first-order valence-electron chi connectivity index (χ1n) is 10.1. The molecule has 2 heterocycles. The molecule has 4 atom stereocenters. The van der Waals surface area contributed by atoms with Crippen molar-refractivity contribution in [2.45, 2.75) is 23.2 Å². The molecule has 0 bridgehead atoms. The van der Waals surface area contributed by atoms with Crippen molar-refractivity contribution in [1.29, 1.82) is 0 Å². The maximum absolute atomic E-state index is 12.6. The van der Waals surface area contributed by atoms with Gasteiger partial charge < -0.3 is 24.4 Å². The predicted octanol–water partition coefficient (Wildman–Crippen LogP) is 4.84. The number of hydrogen-bond donors (Lipinski definition) is 4. The molecule has 2 aliphatic rings. The predicted molar refractivity (Wildman–Crippen MR) is 132 cm³/mol. The zero-order valence-corrected chi connectivity index (χ0v) is 21.0. The molecule has 16 heteroatoms. The van der Waals surface area contributed by atoms with Crippen LogP contribution in [0.4, 0.5) is 15.3 Å². The zero-order chi connectivity index (χ0) is 26.0. The van der Waals surface area contributed by atoms with E-state index in [0.717, 1.165) is 0 Å². The fourth-order valence-corrected chi connectivity index (χ4v) is 6.32. The molecular formula is C20H17Cl2N3O9S2. The van der Waals surface area contributed by atoms with Crippen LogP contribution < -0.4 is 15.4 Å². The van der Waals surface area contributed by atoms with E-state index in [4.69, 9.17) is 42.5 Å². The van der Waals surface area contributed by atoms with Crippen molar-refractivity contribution in [3.8, 4) is 11.5 Å². The molecule has 0 radical (unpaired) electrons. The van der Waals surface area contributed by atoms with E-state index in [2.05, 4.69) is 10.6 Å². The van der Waals surface area contributed by atoms with E-state index in [1.807, 2.05) is 0 Å². The highest BCUT2D eigenvalue weighted by Crippen LogP contribution is 2.43. The molecule has 4 unspecified atom stereocenters. The second-order valence-electron chi connectivity index (χ2n) is 7.40. The van der Waals surface area contributed by atoms with Crippen molar-refractivity contribution < 1.29 is 38.9 Å². The number of carboxylic acid groups (broad SMARTS) is 1. The number of benzene rings is 2. The summed E-state index contributed by atoms with van der Waals surface area (Å²) in [4.78, 5) is 33.9. The highest BCUT2D eigenvalue weighted by atomic mass is 35.5. The normalized spacial score (nSPS) is 23.3. The Morgan fingerprint density at radius 1 is 1.03 bits per heavy atom. The lowest BCUT2D eigenvalue weighted by Crippen LogP contribution is -2.33. The van der Waals surface area contributed by atoms with Crippen LogP contribution in [0.15, 0.2) is 30.3 Å². The lowest BCUT2D eigenvalue weighted by atomic mass is 10.1. The van der Waals surface area contributed by atoms with Gasteiger partial charge in [0.1, 0.15) is 5.75 Å². The molecular weight excluding hydrogens is 561 g/mol. The van der Waals surface area contributed by atoms with E-state index in [1.165, 1.54) is 53.9 Å². The van der Waals surface area contributed by atoms with Crippen LogP contribution in [0.5, 0.6) is 11.5 Å². The van der Waals surface area contributed by atoms with E-state index in [9.17, 15) is 24.8 Å². The third-order valence-electron chi connectivity index (χ3n) is 4.99. The standard InChI is InChI=1S/C20H17Cl2N3O9S2/c21-8-3-11(18-23-14(6-36-18)32-19(27)28)16(12(22)4-8)34-20(29)33-15-7-35-17(24-15)10-5-9(25(30)31)1-2-13(10)26/h1-5,14-15,17-18,23-24,26H,6-7H2,(H,27,28). The fourth-order valence-electron chi connectivity index (χ4n) is 3.49. The van der Waals surface area contributed by atoms with Gasteiger partial charge in [-0.1, -0.05) is 23.2 Å². The maximum Gasteiger partial charge on any atom is 0.515 e. The number of phenols is 1. The third kappa shape index (κ3) is 6.19. The Balaban J connectivity index is 1.43. The number of hydrogen-bond acceptors (Lipinski definition) is 12. The second kappa shape index (κ2) is 11.2. The number of carbonyl (C=O) groups is 2. The number of thioether (sulfide) groups is 2. The highest BCUT2D eigenvalue weighted by Gasteiger charge is 2.34. The number of non-ortho nitro benzene ring substituents is 1. The van der Waals surface area contributed by atoms with Crippen molar-refractivity contribution in [2.75, 3.05) is 11.5 Å². The molecule has 2 aromatic carbocycles. The molecule has 2 aromatic rings. The van der Waals surface area contributed by atoms with Gasteiger partial charge in [0.15, 0.2) is 18.2 Å². The van der Waals surface area contributed by atoms with E-state index < -0.39 is 40.4 Å². The molecule has 0 spiro atoms. The van der Waals surface area contributed by atoms with Gasteiger partial charge in [-0.25, -0.2) is 9.59 Å². The summed E-state index contributed by atoms with van der Waals surface area (Å²) in [5.41, 5.74) is 0.478. The number of phenolic OH excluding ortho intramolecular Hbond substituents is 1. The average Bonchev–Trinajstić information content (AvgIpc) is 3.45. The molecule has 4 rings (SSSR count). The van der Waals surface area contributed by atoms with Crippen LogP contribution in [0.3, 0.4) is 0 Å². The quantitative estimate of drug-likeness (QED) is 0.159. The molecule has 0 aliphatic carbocycles. The molecule has 12 nitrogen and oxygen atoms in total. The zero-order valence-electron chi connectivity index (χ0n) is 17.9. The van der Waals surface area contributed by atoms with E-state index in [-0.39, 0.29) is 38.5 Å². The summed E-state index contributed by atoms with van der Waals surface area (Å²) in [6.45, 7) is 0. The SMILES string of the molecule is O=C(O)OC1CSC(c2cc(Cl)cc(Cl)c2OC(=O)OC2CSC(c3cc([N+](=O)[O-])ccc3O)N2)N1. The number of carbonyl (C=O) groups excluding carboxylic acids is 1. The van der Waals surface area contributed by atoms with Gasteiger partial charge in [0.2, 0.25) is 0 Å². The van der Waals surface area contributed by atoms with E-state index >= 15 is 0 Å². The van der Waals surface area contributed by atoms with E-state index in [1.54, 1.807) is 0 Å².